The highest BCUT2D eigenvalue weighted by atomic mass is 35.5. The molecule has 0 bridgehead atoms. The Hall–Kier alpha value is -2.68. The molecule has 144 valence electrons. The second-order valence-electron chi connectivity index (χ2n) is 6.64. The van der Waals surface area contributed by atoms with Crippen molar-refractivity contribution in [2.75, 3.05) is 18.5 Å². The van der Waals surface area contributed by atoms with Crippen molar-refractivity contribution in [2.24, 2.45) is 5.92 Å². The predicted octanol–water partition coefficient (Wildman–Crippen LogP) is 1.68. The largest absolute Gasteiger partial charge is 0.454 e. The Morgan fingerprint density at radius 1 is 1.41 bits per heavy atom. The molecule has 1 saturated carbocycles. The highest BCUT2D eigenvalue weighted by Gasteiger charge is 2.56. The summed E-state index contributed by atoms with van der Waals surface area (Å²) in [7, 11) is 0. The highest BCUT2D eigenvalue weighted by molar-refractivity contribution is 6.31. The molecule has 2 aliphatic rings. The van der Waals surface area contributed by atoms with Gasteiger partial charge in [0.25, 0.3) is 11.8 Å². The molecule has 1 atom stereocenters. The van der Waals surface area contributed by atoms with Crippen molar-refractivity contribution in [1.29, 1.82) is 0 Å². The number of benzene rings is 1. The number of nitrogens with zero attached hydrogens (tertiary/aromatic N) is 1. The Morgan fingerprint density at radius 2 is 2.11 bits per heavy atom. The standard InChI is InChI=1S/C17H17ClFN3O5/c1-17(9-2-3-9)15(25)22(16(26)21-17)7-14(24)27-8-13(23)20-10-4-5-12(19)11(18)6-10/h4-6,9H,2-3,7-8H2,1H3,(H,20,23)(H,21,26)/t17-/m0/s1. The molecule has 1 saturated heterocycles. The van der Waals surface area contributed by atoms with Crippen LogP contribution in [0.2, 0.25) is 5.02 Å². The summed E-state index contributed by atoms with van der Waals surface area (Å²) in [5.74, 6) is -2.61. The number of nitrogens with one attached hydrogen (secondary N) is 2. The molecule has 1 heterocycles. The molecule has 4 amide bonds. The van der Waals surface area contributed by atoms with Gasteiger partial charge in [0, 0.05) is 5.69 Å². The number of ether oxygens (including phenoxy) is 1. The van der Waals surface area contributed by atoms with E-state index in [1.54, 1.807) is 6.92 Å². The number of hydrogen-bond donors (Lipinski definition) is 2. The monoisotopic (exact) mass is 397 g/mol. The van der Waals surface area contributed by atoms with Crippen molar-refractivity contribution in [1.82, 2.24) is 10.2 Å². The molecule has 8 nitrogen and oxygen atoms in total. The van der Waals surface area contributed by atoms with E-state index in [1.807, 2.05) is 0 Å². The Kier molecular flexibility index (Phi) is 5.05. The third kappa shape index (κ3) is 4.02. The minimum Gasteiger partial charge on any atom is -0.454 e. The lowest BCUT2D eigenvalue weighted by molar-refractivity contribution is -0.150. The maximum Gasteiger partial charge on any atom is 0.326 e. The summed E-state index contributed by atoms with van der Waals surface area (Å²) in [6.07, 6.45) is 1.68. The van der Waals surface area contributed by atoms with Crippen molar-refractivity contribution in [2.45, 2.75) is 25.3 Å². The van der Waals surface area contributed by atoms with Gasteiger partial charge in [-0.15, -0.1) is 0 Å². The summed E-state index contributed by atoms with van der Waals surface area (Å²) in [6, 6.07) is 2.94. The van der Waals surface area contributed by atoms with E-state index in [-0.39, 0.29) is 16.6 Å². The van der Waals surface area contributed by atoms with Gasteiger partial charge in [0.2, 0.25) is 0 Å². The molecule has 1 aromatic carbocycles. The van der Waals surface area contributed by atoms with Crippen molar-refractivity contribution >= 4 is 41.1 Å². The number of imide groups is 1. The molecule has 0 aromatic heterocycles. The Morgan fingerprint density at radius 3 is 2.74 bits per heavy atom. The van der Waals surface area contributed by atoms with Crippen LogP contribution in [0.1, 0.15) is 19.8 Å². The minimum atomic E-state index is -0.989. The van der Waals surface area contributed by atoms with Gasteiger partial charge in [-0.25, -0.2) is 9.18 Å². The number of rotatable bonds is 6. The third-order valence-electron chi connectivity index (χ3n) is 4.55. The van der Waals surface area contributed by atoms with Crippen LogP contribution in [0.5, 0.6) is 0 Å². The topological polar surface area (TPSA) is 105 Å². The van der Waals surface area contributed by atoms with E-state index in [9.17, 15) is 23.6 Å². The smallest absolute Gasteiger partial charge is 0.326 e. The molecule has 2 fully saturated rings. The van der Waals surface area contributed by atoms with E-state index in [4.69, 9.17) is 16.3 Å². The lowest BCUT2D eigenvalue weighted by Gasteiger charge is -2.20. The molecule has 1 aliphatic carbocycles. The number of carbonyl (C=O) groups excluding carboxylic acids is 4. The SMILES string of the molecule is C[C@@]1(C2CC2)NC(=O)N(CC(=O)OCC(=O)Nc2ccc(F)c(Cl)c2)C1=O. The molecule has 0 radical (unpaired) electrons. The Labute approximate surface area is 159 Å². The number of halogens is 2. The van der Waals surface area contributed by atoms with Crippen LogP contribution in [0.4, 0.5) is 14.9 Å². The minimum absolute atomic E-state index is 0.0725. The average Bonchev–Trinajstić information content (AvgIpc) is 3.43. The summed E-state index contributed by atoms with van der Waals surface area (Å²) in [4.78, 5) is 48.9. The summed E-state index contributed by atoms with van der Waals surface area (Å²) in [5, 5.41) is 4.83. The maximum atomic E-state index is 13.1. The van der Waals surface area contributed by atoms with Gasteiger partial charge in [-0.2, -0.15) is 0 Å². The van der Waals surface area contributed by atoms with Crippen molar-refractivity contribution < 1.29 is 28.3 Å². The predicted molar refractivity (Wildman–Crippen MR) is 92.4 cm³/mol. The fourth-order valence-corrected chi connectivity index (χ4v) is 3.07. The normalized spacial score (nSPS) is 21.8. The third-order valence-corrected chi connectivity index (χ3v) is 4.84. The van der Waals surface area contributed by atoms with E-state index in [2.05, 4.69) is 10.6 Å². The quantitative estimate of drug-likeness (QED) is 0.561. The van der Waals surface area contributed by atoms with Crippen LogP contribution in [0.25, 0.3) is 0 Å². The number of anilines is 1. The second kappa shape index (κ2) is 7.15. The van der Waals surface area contributed by atoms with Gasteiger partial charge >= 0.3 is 12.0 Å². The van der Waals surface area contributed by atoms with Gasteiger partial charge in [-0.3, -0.25) is 19.3 Å². The van der Waals surface area contributed by atoms with E-state index in [1.165, 1.54) is 12.1 Å². The van der Waals surface area contributed by atoms with Gasteiger partial charge in [0.15, 0.2) is 6.61 Å². The van der Waals surface area contributed by atoms with E-state index < -0.39 is 48.3 Å². The fourth-order valence-electron chi connectivity index (χ4n) is 2.89. The first-order valence-electron chi connectivity index (χ1n) is 8.25. The molecule has 10 heteroatoms. The second-order valence-corrected chi connectivity index (χ2v) is 7.04. The molecular formula is C17H17ClFN3O5. The van der Waals surface area contributed by atoms with Crippen LogP contribution < -0.4 is 10.6 Å². The molecule has 0 unspecified atom stereocenters. The highest BCUT2D eigenvalue weighted by Crippen LogP contribution is 2.42. The number of hydrogen-bond acceptors (Lipinski definition) is 5. The zero-order chi connectivity index (χ0) is 19.8. The Balaban J connectivity index is 1.49. The molecule has 2 N–H and O–H groups in total. The zero-order valence-electron chi connectivity index (χ0n) is 14.4. The van der Waals surface area contributed by atoms with Crippen LogP contribution >= 0.6 is 11.6 Å². The lowest BCUT2D eigenvalue weighted by Crippen LogP contribution is -2.46. The van der Waals surface area contributed by atoms with E-state index in [0.29, 0.717) is 0 Å². The molecule has 27 heavy (non-hydrogen) atoms. The van der Waals surface area contributed by atoms with Crippen molar-refractivity contribution in [3.63, 3.8) is 0 Å². The van der Waals surface area contributed by atoms with Gasteiger partial charge < -0.3 is 15.4 Å². The summed E-state index contributed by atoms with van der Waals surface area (Å²) in [6.45, 7) is 0.428. The van der Waals surface area contributed by atoms with Crippen LogP contribution in [0.3, 0.4) is 0 Å². The zero-order valence-corrected chi connectivity index (χ0v) is 15.1. The summed E-state index contributed by atoms with van der Waals surface area (Å²) in [5.41, 5.74) is -0.756. The van der Waals surface area contributed by atoms with E-state index >= 15 is 0 Å². The number of esters is 1. The first-order valence-corrected chi connectivity index (χ1v) is 8.63. The van der Waals surface area contributed by atoms with Gasteiger partial charge in [0.1, 0.15) is 17.9 Å². The van der Waals surface area contributed by atoms with Gasteiger partial charge in [-0.05, 0) is 43.9 Å². The number of amides is 4. The van der Waals surface area contributed by atoms with Gasteiger partial charge in [0.05, 0.1) is 5.02 Å². The summed E-state index contributed by atoms with van der Waals surface area (Å²) >= 11 is 5.61. The van der Waals surface area contributed by atoms with E-state index in [0.717, 1.165) is 23.8 Å². The first kappa shape index (κ1) is 19.1. The van der Waals surface area contributed by atoms with Crippen molar-refractivity contribution in [3.8, 4) is 0 Å². The fraction of sp³-hybridized carbons (Fsp3) is 0.412. The molecule has 1 aromatic rings. The van der Waals surface area contributed by atoms with Crippen LogP contribution in [-0.2, 0) is 19.1 Å². The number of carbonyl (C=O) groups is 4. The molecular weight excluding hydrogens is 381 g/mol. The maximum absolute atomic E-state index is 13.1. The van der Waals surface area contributed by atoms with Crippen LogP contribution in [0, 0.1) is 11.7 Å². The first-order chi connectivity index (χ1) is 12.7. The van der Waals surface area contributed by atoms with Crippen molar-refractivity contribution in [3.05, 3.63) is 29.0 Å². The van der Waals surface area contributed by atoms with Crippen LogP contribution in [-0.4, -0.2) is 47.4 Å². The molecule has 3 rings (SSSR count). The average molecular weight is 398 g/mol. The molecule has 1 aliphatic heterocycles. The van der Waals surface area contributed by atoms with Gasteiger partial charge in [-0.1, -0.05) is 11.6 Å². The molecule has 0 spiro atoms. The summed E-state index contributed by atoms with van der Waals surface area (Å²) < 4.78 is 17.9. The van der Waals surface area contributed by atoms with Crippen LogP contribution in [0.15, 0.2) is 18.2 Å². The lowest BCUT2D eigenvalue weighted by atomic mass is 9.96. The Bertz CT molecular complexity index is 829. The number of urea groups is 1.